The maximum Gasteiger partial charge on any atom is 0.287 e. The highest BCUT2D eigenvalue weighted by Gasteiger charge is 2.22. The Morgan fingerprint density at radius 3 is 2.33 bits per heavy atom. The first-order valence-electron chi connectivity index (χ1n) is 11.0. The smallest absolute Gasteiger partial charge is 0.287 e. The van der Waals surface area contributed by atoms with Crippen molar-refractivity contribution in [3.63, 3.8) is 0 Å². The Balaban J connectivity index is 0.00000361. The summed E-state index contributed by atoms with van der Waals surface area (Å²) in [5, 5.41) is 4.97. The highest BCUT2D eigenvalue weighted by Crippen LogP contribution is 2.41. The standard InChI is InChI=1S/C27H27N3O4S.ClH/c1-16-12-19(14-23(33-3)26(16)34-4)25-20(15-35-30-25)18-10-11-22(32-2)21(13-18)29-27(31)24(28)17-8-6-5-7-9-17;/h5-15,24H,28H2,1-4H3,(H,29,31);1H/t24-;/m0./s1. The summed E-state index contributed by atoms with van der Waals surface area (Å²) in [4.78, 5) is 13.0. The molecule has 0 fully saturated rings. The number of quaternary nitrogens is 1. The van der Waals surface area contributed by atoms with Gasteiger partial charge >= 0.3 is 0 Å². The van der Waals surface area contributed by atoms with Gasteiger partial charge in [-0.1, -0.05) is 36.4 Å². The number of nitrogens with one attached hydrogen (secondary N) is 1. The van der Waals surface area contributed by atoms with Gasteiger partial charge in [0.25, 0.3) is 5.91 Å². The number of anilines is 1. The minimum absolute atomic E-state index is 0. The van der Waals surface area contributed by atoms with Crippen molar-refractivity contribution in [1.29, 1.82) is 0 Å². The largest absolute Gasteiger partial charge is 1.00 e. The Morgan fingerprint density at radius 1 is 0.944 bits per heavy atom. The second-order valence-electron chi connectivity index (χ2n) is 7.97. The summed E-state index contributed by atoms with van der Waals surface area (Å²) in [5.74, 6) is 1.69. The fraction of sp³-hybridized carbons (Fsp3) is 0.185. The molecule has 0 saturated heterocycles. The molecule has 0 aliphatic carbocycles. The first-order chi connectivity index (χ1) is 17.0. The number of benzene rings is 3. The fourth-order valence-electron chi connectivity index (χ4n) is 3.97. The lowest BCUT2D eigenvalue weighted by atomic mass is 9.99. The molecule has 0 spiro atoms. The number of methoxy groups -OCH3 is 3. The first kappa shape index (κ1) is 27.0. The van der Waals surface area contributed by atoms with Gasteiger partial charge in [0.05, 0.1) is 32.7 Å². The van der Waals surface area contributed by atoms with Crippen molar-refractivity contribution >= 4 is 23.1 Å². The molecule has 0 radical (unpaired) electrons. The molecule has 0 aliphatic rings. The number of aryl methyl sites for hydroxylation is 1. The number of nitrogens with zero attached hydrogens (tertiary/aromatic N) is 1. The molecule has 4 N–H and O–H groups in total. The zero-order valence-electron chi connectivity index (χ0n) is 20.5. The van der Waals surface area contributed by atoms with E-state index < -0.39 is 6.04 Å². The topological polar surface area (TPSA) is 97.3 Å². The van der Waals surface area contributed by atoms with E-state index in [0.29, 0.717) is 22.9 Å². The third-order valence-electron chi connectivity index (χ3n) is 5.79. The number of ether oxygens (including phenoxy) is 3. The van der Waals surface area contributed by atoms with Crippen LogP contribution in [0.4, 0.5) is 5.69 Å². The van der Waals surface area contributed by atoms with Gasteiger partial charge in [-0.3, -0.25) is 4.79 Å². The van der Waals surface area contributed by atoms with E-state index in [2.05, 4.69) is 15.4 Å². The van der Waals surface area contributed by atoms with Crippen molar-refractivity contribution < 1.29 is 37.1 Å². The SMILES string of the molecule is COc1ccc(-c2csnc2-c2cc(C)c(OC)c(OC)c2)cc1NC(=O)[C@@H]([NH3+])c1ccccc1.[Cl-]. The Kier molecular flexibility index (Phi) is 8.93. The fourth-order valence-corrected chi connectivity index (χ4v) is 4.69. The summed E-state index contributed by atoms with van der Waals surface area (Å²) in [5.41, 5.74) is 9.98. The second-order valence-corrected chi connectivity index (χ2v) is 8.60. The van der Waals surface area contributed by atoms with E-state index in [9.17, 15) is 4.79 Å². The van der Waals surface area contributed by atoms with Crippen LogP contribution in [0.3, 0.4) is 0 Å². The van der Waals surface area contributed by atoms with Gasteiger partial charge in [-0.25, -0.2) is 0 Å². The lowest BCUT2D eigenvalue weighted by molar-refractivity contribution is -0.408. The normalized spacial score (nSPS) is 11.2. The van der Waals surface area contributed by atoms with Crippen molar-refractivity contribution in [2.24, 2.45) is 0 Å². The Hall–Kier alpha value is -3.59. The molecule has 1 aromatic heterocycles. The number of rotatable bonds is 8. The van der Waals surface area contributed by atoms with E-state index >= 15 is 0 Å². The lowest BCUT2D eigenvalue weighted by Gasteiger charge is -2.15. The summed E-state index contributed by atoms with van der Waals surface area (Å²) < 4.78 is 21.2. The summed E-state index contributed by atoms with van der Waals surface area (Å²) in [6.45, 7) is 1.97. The third-order valence-corrected chi connectivity index (χ3v) is 6.42. The lowest BCUT2D eigenvalue weighted by Crippen LogP contribution is -3.00. The number of carbonyl (C=O) groups is 1. The molecule has 188 valence electrons. The molecule has 0 unspecified atom stereocenters. The van der Waals surface area contributed by atoms with Gasteiger partial charge in [0.1, 0.15) is 5.75 Å². The average molecular weight is 526 g/mol. The predicted molar refractivity (Wildman–Crippen MR) is 138 cm³/mol. The molecular weight excluding hydrogens is 498 g/mol. The molecule has 0 aliphatic heterocycles. The van der Waals surface area contributed by atoms with Gasteiger partial charge in [0.2, 0.25) is 0 Å². The minimum atomic E-state index is -0.558. The van der Waals surface area contributed by atoms with Crippen LogP contribution in [0.25, 0.3) is 22.4 Å². The van der Waals surface area contributed by atoms with Gasteiger partial charge in [-0.2, -0.15) is 4.37 Å². The molecule has 1 atom stereocenters. The summed E-state index contributed by atoms with van der Waals surface area (Å²) >= 11 is 1.37. The number of hydrogen-bond donors (Lipinski definition) is 2. The van der Waals surface area contributed by atoms with Crippen molar-refractivity contribution in [2.75, 3.05) is 26.6 Å². The highest BCUT2D eigenvalue weighted by atomic mass is 35.5. The average Bonchev–Trinajstić information content (AvgIpc) is 3.38. The van der Waals surface area contributed by atoms with Crippen molar-refractivity contribution in [3.8, 4) is 39.6 Å². The maximum absolute atomic E-state index is 13.0. The molecular formula is C27H28ClN3O4S. The number of hydrogen-bond acceptors (Lipinski definition) is 6. The quantitative estimate of drug-likeness (QED) is 0.365. The number of carbonyl (C=O) groups excluding carboxylic acids is 1. The highest BCUT2D eigenvalue weighted by molar-refractivity contribution is 7.04. The summed E-state index contributed by atoms with van der Waals surface area (Å²) in [6, 6.07) is 18.6. The van der Waals surface area contributed by atoms with E-state index in [0.717, 1.165) is 33.5 Å². The molecule has 7 nitrogen and oxygen atoms in total. The van der Waals surface area contributed by atoms with Crippen LogP contribution in [-0.4, -0.2) is 31.6 Å². The van der Waals surface area contributed by atoms with Crippen molar-refractivity contribution in [2.45, 2.75) is 13.0 Å². The zero-order chi connectivity index (χ0) is 24.9. The second kappa shape index (κ2) is 11.9. The van der Waals surface area contributed by atoms with Crippen molar-refractivity contribution in [1.82, 2.24) is 4.37 Å². The van der Waals surface area contributed by atoms with E-state index in [1.54, 1.807) is 21.3 Å². The van der Waals surface area contributed by atoms with Crippen LogP contribution >= 0.6 is 11.5 Å². The molecule has 4 rings (SSSR count). The van der Waals surface area contributed by atoms with E-state index in [1.165, 1.54) is 11.5 Å². The van der Waals surface area contributed by atoms with Crippen LogP contribution in [0.2, 0.25) is 0 Å². The van der Waals surface area contributed by atoms with E-state index in [1.807, 2.05) is 73.0 Å². The molecule has 36 heavy (non-hydrogen) atoms. The van der Waals surface area contributed by atoms with Gasteiger partial charge in [0.15, 0.2) is 17.5 Å². The Labute approximate surface area is 220 Å². The van der Waals surface area contributed by atoms with Gasteiger partial charge in [-0.15, -0.1) is 0 Å². The number of amides is 1. The Bertz CT molecular complexity index is 1340. The van der Waals surface area contributed by atoms with Gasteiger partial charge in [0, 0.05) is 22.1 Å². The zero-order valence-corrected chi connectivity index (χ0v) is 22.1. The van der Waals surface area contributed by atoms with Crippen LogP contribution in [0.15, 0.2) is 66.0 Å². The van der Waals surface area contributed by atoms with E-state index in [4.69, 9.17) is 14.2 Å². The molecule has 9 heteroatoms. The van der Waals surface area contributed by atoms with Crippen LogP contribution < -0.4 is 37.7 Å². The predicted octanol–water partition coefficient (Wildman–Crippen LogP) is 1.74. The summed E-state index contributed by atoms with van der Waals surface area (Å²) in [7, 11) is 4.82. The van der Waals surface area contributed by atoms with Crippen LogP contribution in [0.1, 0.15) is 17.2 Å². The molecule has 3 aromatic carbocycles. The van der Waals surface area contributed by atoms with E-state index in [-0.39, 0.29) is 18.3 Å². The van der Waals surface area contributed by atoms with Gasteiger partial charge < -0.3 is 37.7 Å². The number of aromatic nitrogens is 1. The molecule has 4 aromatic rings. The monoisotopic (exact) mass is 525 g/mol. The maximum atomic E-state index is 13.0. The molecule has 0 bridgehead atoms. The van der Waals surface area contributed by atoms with Crippen molar-refractivity contribution in [3.05, 3.63) is 77.2 Å². The van der Waals surface area contributed by atoms with Crippen LogP contribution in [0.5, 0.6) is 17.2 Å². The van der Waals surface area contributed by atoms with Gasteiger partial charge in [-0.05, 0) is 53.8 Å². The molecule has 1 amide bonds. The van der Waals surface area contributed by atoms with Crippen LogP contribution in [-0.2, 0) is 4.79 Å². The molecule has 0 saturated carbocycles. The van der Waals surface area contributed by atoms with Crippen LogP contribution in [0, 0.1) is 6.92 Å². The number of halogens is 1. The molecule has 1 heterocycles. The third kappa shape index (κ3) is 5.46. The summed E-state index contributed by atoms with van der Waals surface area (Å²) in [6.07, 6.45) is 0. The first-order valence-corrected chi connectivity index (χ1v) is 11.8. The Morgan fingerprint density at radius 2 is 1.67 bits per heavy atom. The minimum Gasteiger partial charge on any atom is -1.00 e.